The number of hydrogen-bond donors (Lipinski definition) is 1. The van der Waals surface area contributed by atoms with Crippen molar-refractivity contribution in [2.24, 2.45) is 0 Å². The van der Waals surface area contributed by atoms with E-state index in [1.54, 1.807) is 48.5 Å². The first-order valence-electron chi connectivity index (χ1n) is 6.64. The molecule has 118 valence electrons. The second-order valence-electron chi connectivity index (χ2n) is 4.70. The van der Waals surface area contributed by atoms with E-state index in [9.17, 15) is 9.59 Å². The van der Waals surface area contributed by atoms with Gasteiger partial charge in [0, 0.05) is 16.8 Å². The van der Waals surface area contributed by atoms with E-state index >= 15 is 0 Å². The summed E-state index contributed by atoms with van der Waals surface area (Å²) in [4.78, 5) is 24.9. The molecular weight excluding hydrogens is 337 g/mol. The summed E-state index contributed by atoms with van der Waals surface area (Å²) in [5, 5.41) is 9.57. The van der Waals surface area contributed by atoms with E-state index < -0.39 is 18.4 Å². The van der Waals surface area contributed by atoms with Crippen molar-refractivity contribution < 1.29 is 14.7 Å². The van der Waals surface area contributed by atoms with Crippen molar-refractivity contribution in [3.8, 4) is 0 Å². The lowest BCUT2D eigenvalue weighted by atomic mass is 10.1. The van der Waals surface area contributed by atoms with E-state index in [4.69, 9.17) is 28.3 Å². The Hall–Kier alpha value is -2.30. The summed E-state index contributed by atoms with van der Waals surface area (Å²) in [5.74, 6) is -1.69. The van der Waals surface area contributed by atoms with Crippen LogP contribution in [0.1, 0.15) is 5.56 Å². The number of para-hydroxylation sites is 1. The number of carboxylic acids is 1. The molecule has 0 spiro atoms. The number of aliphatic carboxylic acids is 1. The van der Waals surface area contributed by atoms with E-state index in [1.807, 2.05) is 0 Å². The fourth-order valence-corrected chi connectivity index (χ4v) is 2.45. The molecule has 0 atom stereocenters. The number of amides is 1. The number of halogens is 2. The highest BCUT2D eigenvalue weighted by Gasteiger charge is 2.23. The lowest BCUT2D eigenvalue weighted by molar-refractivity contribution is -0.136. The van der Waals surface area contributed by atoms with Crippen molar-refractivity contribution in [3.63, 3.8) is 0 Å². The van der Waals surface area contributed by atoms with Gasteiger partial charge in [0.2, 0.25) is 0 Å². The molecular formula is C17H13Cl2NO3. The molecule has 0 bridgehead atoms. The van der Waals surface area contributed by atoms with Gasteiger partial charge in [-0.3, -0.25) is 14.5 Å². The Morgan fingerprint density at radius 3 is 2.30 bits per heavy atom. The van der Waals surface area contributed by atoms with Gasteiger partial charge in [-0.2, -0.15) is 0 Å². The number of carboxylic acid groups (broad SMARTS) is 1. The maximum Gasteiger partial charge on any atom is 0.323 e. The summed E-state index contributed by atoms with van der Waals surface area (Å²) < 4.78 is 0. The second kappa shape index (κ2) is 7.31. The third kappa shape index (κ3) is 3.92. The number of carbonyl (C=O) groups is 2. The largest absolute Gasteiger partial charge is 0.480 e. The molecule has 0 fully saturated rings. The van der Waals surface area contributed by atoms with Gasteiger partial charge in [0.15, 0.2) is 0 Å². The van der Waals surface area contributed by atoms with Crippen molar-refractivity contribution in [2.75, 3.05) is 11.4 Å². The first-order chi connectivity index (χ1) is 10.9. The minimum absolute atomic E-state index is 0.0719. The molecule has 0 aliphatic carbocycles. The van der Waals surface area contributed by atoms with Crippen molar-refractivity contribution in [1.29, 1.82) is 0 Å². The fraction of sp³-hybridized carbons (Fsp3) is 0.0588. The molecule has 1 N–H and O–H groups in total. The average molecular weight is 350 g/mol. The highest BCUT2D eigenvalue weighted by molar-refractivity contribution is 6.44. The van der Waals surface area contributed by atoms with E-state index in [0.717, 1.165) is 4.90 Å². The van der Waals surface area contributed by atoms with Gasteiger partial charge in [-0.25, -0.2) is 0 Å². The smallest absolute Gasteiger partial charge is 0.323 e. The van der Waals surface area contributed by atoms with Crippen LogP contribution >= 0.6 is 23.2 Å². The quantitative estimate of drug-likeness (QED) is 0.825. The maximum atomic E-state index is 12.7. The van der Waals surface area contributed by atoms with Crippen molar-refractivity contribution in [1.82, 2.24) is 0 Å². The maximum absolute atomic E-state index is 12.7. The SMILES string of the molecule is C=C(C(=O)N(CC(=O)O)c1ccccc1)c1cccc(Cl)c1Cl. The third-order valence-electron chi connectivity index (χ3n) is 3.14. The van der Waals surface area contributed by atoms with Crippen molar-refractivity contribution >= 4 is 46.3 Å². The van der Waals surface area contributed by atoms with Crippen LogP contribution in [-0.2, 0) is 9.59 Å². The van der Waals surface area contributed by atoms with E-state index in [1.165, 1.54) is 0 Å². The van der Waals surface area contributed by atoms with Crippen LogP contribution in [0.3, 0.4) is 0 Å². The third-order valence-corrected chi connectivity index (χ3v) is 3.96. The fourth-order valence-electron chi connectivity index (χ4n) is 2.04. The standard InChI is InChI=1S/C17H13Cl2NO3/c1-11(13-8-5-9-14(18)16(13)19)17(23)20(10-15(21)22)12-6-3-2-4-7-12/h2-9H,1,10H2,(H,21,22). The van der Waals surface area contributed by atoms with Crippen LogP contribution < -0.4 is 4.90 Å². The number of benzene rings is 2. The van der Waals surface area contributed by atoms with Crippen LogP contribution in [0.25, 0.3) is 5.57 Å². The van der Waals surface area contributed by atoms with Gasteiger partial charge in [-0.1, -0.05) is 60.1 Å². The first-order valence-corrected chi connectivity index (χ1v) is 7.39. The summed E-state index contributed by atoms with van der Waals surface area (Å²) in [6, 6.07) is 13.3. The zero-order chi connectivity index (χ0) is 17.0. The molecule has 0 radical (unpaired) electrons. The predicted octanol–water partition coefficient (Wildman–Crippen LogP) is 4.12. The van der Waals surface area contributed by atoms with Gasteiger partial charge in [0.1, 0.15) is 6.54 Å². The van der Waals surface area contributed by atoms with Crippen LogP contribution in [0.15, 0.2) is 55.1 Å². The molecule has 2 aromatic rings. The Morgan fingerprint density at radius 1 is 1.04 bits per heavy atom. The minimum Gasteiger partial charge on any atom is -0.480 e. The number of hydrogen-bond acceptors (Lipinski definition) is 2. The molecule has 6 heteroatoms. The molecule has 2 rings (SSSR count). The molecule has 0 saturated carbocycles. The second-order valence-corrected chi connectivity index (χ2v) is 5.49. The highest BCUT2D eigenvalue weighted by atomic mass is 35.5. The average Bonchev–Trinajstić information content (AvgIpc) is 2.54. The normalized spacial score (nSPS) is 10.2. The number of carbonyl (C=O) groups excluding carboxylic acids is 1. The van der Waals surface area contributed by atoms with Crippen LogP contribution in [0, 0.1) is 0 Å². The molecule has 0 heterocycles. The van der Waals surface area contributed by atoms with Gasteiger partial charge in [0.05, 0.1) is 10.0 Å². The zero-order valence-electron chi connectivity index (χ0n) is 12.0. The monoisotopic (exact) mass is 349 g/mol. The Kier molecular flexibility index (Phi) is 5.42. The van der Waals surface area contributed by atoms with Crippen LogP contribution in [0.2, 0.25) is 10.0 Å². The Balaban J connectivity index is 2.39. The van der Waals surface area contributed by atoms with Gasteiger partial charge in [-0.15, -0.1) is 0 Å². The van der Waals surface area contributed by atoms with Crippen LogP contribution in [0.5, 0.6) is 0 Å². The van der Waals surface area contributed by atoms with E-state index in [0.29, 0.717) is 16.3 Å². The lowest BCUT2D eigenvalue weighted by Crippen LogP contribution is -2.36. The molecule has 0 aliphatic rings. The lowest BCUT2D eigenvalue weighted by Gasteiger charge is -2.22. The number of anilines is 1. The molecule has 0 aromatic heterocycles. The van der Waals surface area contributed by atoms with Crippen molar-refractivity contribution in [3.05, 3.63) is 70.7 Å². The molecule has 0 unspecified atom stereocenters. The molecule has 0 aliphatic heterocycles. The van der Waals surface area contributed by atoms with Gasteiger partial charge in [0.25, 0.3) is 5.91 Å². The van der Waals surface area contributed by atoms with Gasteiger partial charge >= 0.3 is 5.97 Å². The van der Waals surface area contributed by atoms with E-state index in [-0.39, 0.29) is 10.6 Å². The molecule has 0 saturated heterocycles. The first kappa shape index (κ1) is 17.1. The summed E-state index contributed by atoms with van der Waals surface area (Å²) in [7, 11) is 0. The number of nitrogens with zero attached hydrogens (tertiary/aromatic N) is 1. The predicted molar refractivity (Wildman–Crippen MR) is 91.9 cm³/mol. The number of rotatable bonds is 5. The zero-order valence-corrected chi connectivity index (χ0v) is 13.5. The topological polar surface area (TPSA) is 57.6 Å². The molecule has 1 amide bonds. The minimum atomic E-state index is -1.13. The summed E-state index contributed by atoms with van der Waals surface area (Å²) in [6.07, 6.45) is 0. The summed E-state index contributed by atoms with van der Waals surface area (Å²) >= 11 is 12.1. The van der Waals surface area contributed by atoms with Crippen LogP contribution in [-0.4, -0.2) is 23.5 Å². The summed E-state index contributed by atoms with van der Waals surface area (Å²) in [5.41, 5.74) is 0.900. The van der Waals surface area contributed by atoms with E-state index in [2.05, 4.69) is 6.58 Å². The highest BCUT2D eigenvalue weighted by Crippen LogP contribution is 2.31. The molecule has 23 heavy (non-hydrogen) atoms. The Morgan fingerprint density at radius 2 is 1.70 bits per heavy atom. The molecule has 2 aromatic carbocycles. The van der Waals surface area contributed by atoms with Gasteiger partial charge in [-0.05, 0) is 18.2 Å². The van der Waals surface area contributed by atoms with Crippen molar-refractivity contribution in [2.45, 2.75) is 0 Å². The Bertz CT molecular complexity index is 760. The summed E-state index contributed by atoms with van der Waals surface area (Å²) in [6.45, 7) is 3.27. The Labute approximate surface area is 143 Å². The van der Waals surface area contributed by atoms with Gasteiger partial charge < -0.3 is 5.11 Å². The molecule has 4 nitrogen and oxygen atoms in total. The van der Waals surface area contributed by atoms with Crippen LogP contribution in [0.4, 0.5) is 5.69 Å².